The van der Waals surface area contributed by atoms with Crippen molar-refractivity contribution in [2.24, 2.45) is 0 Å². The summed E-state index contributed by atoms with van der Waals surface area (Å²) in [5, 5.41) is 5.47. The monoisotopic (exact) mass is 420 g/mol. The summed E-state index contributed by atoms with van der Waals surface area (Å²) in [4.78, 5) is 24.6. The maximum Gasteiger partial charge on any atom is 0.255 e. The number of nitrogens with one attached hydrogen (secondary N) is 2. The number of ether oxygens (including phenoxy) is 2. The maximum absolute atomic E-state index is 13.7. The van der Waals surface area contributed by atoms with Crippen LogP contribution in [0.1, 0.15) is 15.9 Å². The Morgan fingerprint density at radius 2 is 1.58 bits per heavy atom. The topological polar surface area (TPSA) is 76.7 Å². The Morgan fingerprint density at radius 3 is 2.26 bits per heavy atom. The summed E-state index contributed by atoms with van der Waals surface area (Å²) >= 11 is 0. The number of hydrogen-bond donors (Lipinski definition) is 2. The minimum absolute atomic E-state index is 0.136. The van der Waals surface area contributed by atoms with E-state index >= 15 is 0 Å². The van der Waals surface area contributed by atoms with Crippen LogP contribution in [0.15, 0.2) is 72.8 Å². The number of carbonyl (C=O) groups is 2. The third-order valence-corrected chi connectivity index (χ3v) is 4.37. The molecule has 7 heteroatoms. The van der Waals surface area contributed by atoms with Crippen molar-refractivity contribution in [1.82, 2.24) is 0 Å². The second kappa shape index (κ2) is 10.1. The Bertz CT molecular complexity index is 1110. The molecule has 0 spiro atoms. The van der Waals surface area contributed by atoms with Crippen molar-refractivity contribution in [3.8, 4) is 11.5 Å². The Kier molecular flexibility index (Phi) is 7.01. The van der Waals surface area contributed by atoms with E-state index in [9.17, 15) is 14.0 Å². The van der Waals surface area contributed by atoms with Crippen molar-refractivity contribution < 1.29 is 23.5 Å². The minimum atomic E-state index is -0.507. The predicted molar refractivity (Wildman–Crippen MR) is 118 cm³/mol. The zero-order valence-electron chi connectivity index (χ0n) is 17.0. The van der Waals surface area contributed by atoms with Crippen molar-refractivity contribution in [3.05, 3.63) is 89.8 Å². The van der Waals surface area contributed by atoms with Crippen LogP contribution in [0.2, 0.25) is 0 Å². The highest BCUT2D eigenvalue weighted by Crippen LogP contribution is 2.24. The average molecular weight is 420 g/mol. The molecule has 0 aliphatic heterocycles. The lowest BCUT2D eigenvalue weighted by Gasteiger charge is -2.10. The van der Waals surface area contributed by atoms with Crippen LogP contribution >= 0.6 is 0 Å². The summed E-state index contributed by atoms with van der Waals surface area (Å²) < 4.78 is 23.8. The predicted octanol–water partition coefficient (Wildman–Crippen LogP) is 4.75. The van der Waals surface area contributed by atoms with Gasteiger partial charge in [0.15, 0.2) is 11.6 Å². The molecule has 0 radical (unpaired) electrons. The molecular formula is C24H21FN2O4. The molecule has 0 fully saturated rings. The van der Waals surface area contributed by atoms with E-state index in [1.165, 1.54) is 38.5 Å². The van der Waals surface area contributed by atoms with Gasteiger partial charge in [-0.2, -0.15) is 0 Å². The number of para-hydroxylation sites is 2. The van der Waals surface area contributed by atoms with Crippen LogP contribution in [0.5, 0.6) is 11.5 Å². The van der Waals surface area contributed by atoms with Crippen LogP contribution in [-0.2, 0) is 4.79 Å². The van der Waals surface area contributed by atoms with Gasteiger partial charge in [0.2, 0.25) is 5.91 Å². The van der Waals surface area contributed by atoms with E-state index in [0.717, 1.165) is 0 Å². The summed E-state index contributed by atoms with van der Waals surface area (Å²) in [6, 6.07) is 17.9. The highest BCUT2D eigenvalue weighted by Gasteiger charge is 2.09. The molecule has 0 bridgehead atoms. The molecule has 0 saturated carbocycles. The number of halogens is 1. The van der Waals surface area contributed by atoms with Crippen LogP contribution in [0.25, 0.3) is 6.08 Å². The van der Waals surface area contributed by atoms with Crippen molar-refractivity contribution in [2.75, 3.05) is 24.9 Å². The van der Waals surface area contributed by atoms with Gasteiger partial charge >= 0.3 is 0 Å². The summed E-state index contributed by atoms with van der Waals surface area (Å²) in [5.74, 6) is -0.502. The van der Waals surface area contributed by atoms with Crippen LogP contribution in [0.4, 0.5) is 15.8 Å². The van der Waals surface area contributed by atoms with Crippen molar-refractivity contribution in [2.45, 2.75) is 0 Å². The first kappa shape index (κ1) is 21.6. The second-order valence-corrected chi connectivity index (χ2v) is 6.45. The molecule has 0 aromatic heterocycles. The molecule has 6 nitrogen and oxygen atoms in total. The number of benzene rings is 3. The van der Waals surface area contributed by atoms with Gasteiger partial charge < -0.3 is 20.1 Å². The maximum atomic E-state index is 13.7. The van der Waals surface area contributed by atoms with Crippen molar-refractivity contribution in [1.29, 1.82) is 0 Å². The van der Waals surface area contributed by atoms with Gasteiger partial charge in [-0.1, -0.05) is 18.2 Å². The molecule has 0 heterocycles. The van der Waals surface area contributed by atoms with E-state index in [1.54, 1.807) is 48.5 Å². The van der Waals surface area contributed by atoms with Gasteiger partial charge in [0, 0.05) is 17.3 Å². The lowest BCUT2D eigenvalue weighted by molar-refractivity contribution is -0.111. The van der Waals surface area contributed by atoms with Gasteiger partial charge in [-0.05, 0) is 60.2 Å². The first-order valence-corrected chi connectivity index (χ1v) is 9.37. The normalized spacial score (nSPS) is 10.5. The minimum Gasteiger partial charge on any atom is -0.495 e. The third kappa shape index (κ3) is 5.70. The standard InChI is InChI=1S/C24H21FN2O4/c1-30-21-13-7-16(15-19(21)25)8-14-23(28)26-18-11-9-17(10-12-18)24(29)27-20-5-3-4-6-22(20)31-2/h3-15H,1-2H3,(H,26,28)(H,27,29)/b14-8+. The lowest BCUT2D eigenvalue weighted by Crippen LogP contribution is -2.13. The van der Waals surface area contributed by atoms with Crippen LogP contribution < -0.4 is 20.1 Å². The molecule has 2 N–H and O–H groups in total. The third-order valence-electron chi connectivity index (χ3n) is 4.37. The lowest BCUT2D eigenvalue weighted by atomic mass is 10.1. The first-order chi connectivity index (χ1) is 15.0. The first-order valence-electron chi connectivity index (χ1n) is 9.37. The fraction of sp³-hybridized carbons (Fsp3) is 0.0833. The summed E-state index contributed by atoms with van der Waals surface area (Å²) in [6.07, 6.45) is 2.79. The highest BCUT2D eigenvalue weighted by molar-refractivity contribution is 6.06. The number of methoxy groups -OCH3 is 2. The van der Waals surface area contributed by atoms with Gasteiger partial charge in [-0.15, -0.1) is 0 Å². The molecule has 0 atom stereocenters. The number of amides is 2. The Balaban J connectivity index is 1.60. The molecule has 0 aliphatic rings. The van der Waals surface area contributed by atoms with Gasteiger partial charge in [-0.3, -0.25) is 9.59 Å². The summed E-state index contributed by atoms with van der Waals surface area (Å²) in [5.41, 5.74) is 2.03. The molecule has 3 rings (SSSR count). The van der Waals surface area contributed by atoms with E-state index < -0.39 is 5.82 Å². The number of carbonyl (C=O) groups excluding carboxylic acids is 2. The van der Waals surface area contributed by atoms with Crippen molar-refractivity contribution in [3.63, 3.8) is 0 Å². The smallest absolute Gasteiger partial charge is 0.255 e. The van der Waals surface area contributed by atoms with E-state index in [4.69, 9.17) is 9.47 Å². The average Bonchev–Trinajstić information content (AvgIpc) is 2.78. The van der Waals surface area contributed by atoms with Crippen LogP contribution in [0, 0.1) is 5.82 Å². The van der Waals surface area contributed by atoms with E-state index in [1.807, 2.05) is 6.07 Å². The number of hydrogen-bond acceptors (Lipinski definition) is 4. The quantitative estimate of drug-likeness (QED) is 0.541. The molecule has 0 unspecified atom stereocenters. The van der Waals surface area contributed by atoms with Crippen LogP contribution in [0.3, 0.4) is 0 Å². The van der Waals surface area contributed by atoms with E-state index in [0.29, 0.717) is 28.3 Å². The molecular weight excluding hydrogens is 399 g/mol. The van der Waals surface area contributed by atoms with Crippen LogP contribution in [-0.4, -0.2) is 26.0 Å². The van der Waals surface area contributed by atoms with E-state index in [-0.39, 0.29) is 17.6 Å². The number of anilines is 2. The molecule has 2 amide bonds. The SMILES string of the molecule is COc1ccc(/C=C/C(=O)Nc2ccc(C(=O)Nc3ccccc3OC)cc2)cc1F. The Labute approximate surface area is 179 Å². The summed E-state index contributed by atoms with van der Waals surface area (Å²) in [6.45, 7) is 0. The summed E-state index contributed by atoms with van der Waals surface area (Å²) in [7, 11) is 2.91. The largest absolute Gasteiger partial charge is 0.495 e. The van der Waals surface area contributed by atoms with Crippen molar-refractivity contribution >= 4 is 29.3 Å². The fourth-order valence-electron chi connectivity index (χ4n) is 2.79. The molecule has 158 valence electrons. The second-order valence-electron chi connectivity index (χ2n) is 6.45. The Morgan fingerprint density at radius 1 is 0.871 bits per heavy atom. The highest BCUT2D eigenvalue weighted by atomic mass is 19.1. The van der Waals surface area contributed by atoms with Gasteiger partial charge in [0.05, 0.1) is 19.9 Å². The van der Waals surface area contributed by atoms with Gasteiger partial charge in [0.25, 0.3) is 5.91 Å². The van der Waals surface area contributed by atoms with Gasteiger partial charge in [0.1, 0.15) is 5.75 Å². The molecule has 0 aliphatic carbocycles. The Hall–Kier alpha value is -4.13. The van der Waals surface area contributed by atoms with Gasteiger partial charge in [-0.25, -0.2) is 4.39 Å². The van der Waals surface area contributed by atoms with E-state index in [2.05, 4.69) is 10.6 Å². The number of rotatable bonds is 7. The zero-order chi connectivity index (χ0) is 22.2. The molecule has 31 heavy (non-hydrogen) atoms. The molecule has 3 aromatic rings. The molecule has 0 saturated heterocycles. The zero-order valence-corrected chi connectivity index (χ0v) is 17.0. The molecule has 3 aromatic carbocycles. The fourth-order valence-corrected chi connectivity index (χ4v) is 2.79.